The van der Waals surface area contributed by atoms with Crippen LogP contribution in [0, 0.1) is 5.92 Å². The Morgan fingerprint density at radius 2 is 2.07 bits per heavy atom. The van der Waals surface area contributed by atoms with Crippen LogP contribution in [0.2, 0.25) is 0 Å². The number of rotatable bonds is 1. The van der Waals surface area contributed by atoms with Crippen LogP contribution in [0.5, 0.6) is 0 Å². The van der Waals surface area contributed by atoms with Gasteiger partial charge in [0.05, 0.1) is 5.92 Å². The molecular weight excluding hydrogens is 201 g/mol. The summed E-state index contributed by atoms with van der Waals surface area (Å²) in [5, 5.41) is 2.54. The molecule has 4 nitrogen and oxygen atoms in total. The van der Waals surface area contributed by atoms with Gasteiger partial charge in [-0.2, -0.15) is 13.2 Å². The monoisotopic (exact) mass is 212 g/mol. The maximum absolute atomic E-state index is 12.2. The highest BCUT2D eigenvalue weighted by atomic mass is 19.4. The van der Waals surface area contributed by atoms with Gasteiger partial charge in [0.2, 0.25) is 0 Å². The summed E-state index contributed by atoms with van der Waals surface area (Å²) < 4.78 is 41.2. The maximum Gasteiger partial charge on any atom is 0.404 e. The summed E-state index contributed by atoms with van der Waals surface area (Å²) in [5.74, 6) is -1.47. The van der Waals surface area contributed by atoms with Gasteiger partial charge in [-0.25, -0.2) is 4.79 Å². The SMILES string of the molecule is NC(=O)O[C@H]1CNC[C@@H](C(F)(F)F)C1. The number of nitrogens with two attached hydrogens (primary N) is 1. The van der Waals surface area contributed by atoms with E-state index in [0.717, 1.165) is 0 Å². The minimum Gasteiger partial charge on any atom is -0.445 e. The molecule has 1 saturated heterocycles. The Hall–Kier alpha value is -0.980. The molecule has 1 heterocycles. The second-order valence-corrected chi connectivity index (χ2v) is 3.19. The van der Waals surface area contributed by atoms with Crippen LogP contribution >= 0.6 is 0 Å². The lowest BCUT2D eigenvalue weighted by Gasteiger charge is -2.30. The smallest absolute Gasteiger partial charge is 0.404 e. The summed E-state index contributed by atoms with van der Waals surface area (Å²) in [6.07, 6.45) is -6.31. The van der Waals surface area contributed by atoms with Gasteiger partial charge < -0.3 is 15.8 Å². The first-order valence-electron chi connectivity index (χ1n) is 4.13. The van der Waals surface area contributed by atoms with Gasteiger partial charge in [-0.1, -0.05) is 0 Å². The fraction of sp³-hybridized carbons (Fsp3) is 0.857. The molecule has 0 bridgehead atoms. The van der Waals surface area contributed by atoms with Crippen molar-refractivity contribution in [3.8, 4) is 0 Å². The second kappa shape index (κ2) is 4.04. The Bertz CT molecular complexity index is 219. The zero-order chi connectivity index (χ0) is 10.8. The van der Waals surface area contributed by atoms with Gasteiger partial charge in [0, 0.05) is 13.1 Å². The Balaban J connectivity index is 2.48. The summed E-state index contributed by atoms with van der Waals surface area (Å²) >= 11 is 0. The van der Waals surface area contributed by atoms with Crippen molar-refractivity contribution in [2.45, 2.75) is 18.7 Å². The Kier molecular flexibility index (Phi) is 3.20. The van der Waals surface area contributed by atoms with Crippen molar-refractivity contribution in [3.05, 3.63) is 0 Å². The molecule has 14 heavy (non-hydrogen) atoms. The van der Waals surface area contributed by atoms with Gasteiger partial charge in [0.15, 0.2) is 0 Å². The molecule has 0 spiro atoms. The standard InChI is InChI=1S/C7H11F3N2O2/c8-7(9,10)4-1-5(3-12-2-4)14-6(11)13/h4-5,12H,1-3H2,(H2,11,13)/t4-,5+/m0/s1. The van der Waals surface area contributed by atoms with Crippen molar-refractivity contribution in [2.75, 3.05) is 13.1 Å². The largest absolute Gasteiger partial charge is 0.445 e. The number of nitrogens with one attached hydrogen (secondary N) is 1. The zero-order valence-corrected chi connectivity index (χ0v) is 7.30. The van der Waals surface area contributed by atoms with Crippen LogP contribution in [0.1, 0.15) is 6.42 Å². The molecule has 0 radical (unpaired) electrons. The van der Waals surface area contributed by atoms with Crippen LogP contribution in [0.25, 0.3) is 0 Å². The first kappa shape index (κ1) is 11.1. The number of ether oxygens (including phenoxy) is 1. The molecule has 82 valence electrons. The summed E-state index contributed by atoms with van der Waals surface area (Å²) in [7, 11) is 0. The number of halogens is 3. The Morgan fingerprint density at radius 3 is 2.57 bits per heavy atom. The number of primary amides is 1. The van der Waals surface area contributed by atoms with Crippen LogP contribution in [0.4, 0.5) is 18.0 Å². The summed E-state index contributed by atoms with van der Waals surface area (Å²) in [6, 6.07) is 0. The molecule has 0 aliphatic carbocycles. The number of carbonyl (C=O) groups excluding carboxylic acids is 1. The zero-order valence-electron chi connectivity index (χ0n) is 7.30. The first-order valence-corrected chi connectivity index (χ1v) is 4.13. The van der Waals surface area contributed by atoms with Crippen molar-refractivity contribution < 1.29 is 22.7 Å². The van der Waals surface area contributed by atoms with E-state index >= 15 is 0 Å². The van der Waals surface area contributed by atoms with Gasteiger partial charge in [-0.3, -0.25) is 0 Å². The fourth-order valence-corrected chi connectivity index (χ4v) is 1.41. The third-order valence-corrected chi connectivity index (χ3v) is 2.06. The second-order valence-electron chi connectivity index (χ2n) is 3.19. The number of carbonyl (C=O) groups is 1. The molecule has 1 fully saturated rings. The molecule has 0 unspecified atom stereocenters. The molecule has 2 atom stereocenters. The molecule has 1 rings (SSSR count). The van der Waals surface area contributed by atoms with Crippen LogP contribution in [0.15, 0.2) is 0 Å². The highest BCUT2D eigenvalue weighted by molar-refractivity contribution is 5.64. The predicted octanol–water partition coefficient (Wildman–Crippen LogP) is 0.622. The first-order chi connectivity index (χ1) is 6.39. The third kappa shape index (κ3) is 3.06. The van der Waals surface area contributed by atoms with Crippen molar-refractivity contribution in [3.63, 3.8) is 0 Å². The topological polar surface area (TPSA) is 64.4 Å². The highest BCUT2D eigenvalue weighted by Gasteiger charge is 2.43. The van der Waals surface area contributed by atoms with E-state index in [1.54, 1.807) is 0 Å². The molecule has 0 aromatic rings. The van der Waals surface area contributed by atoms with Gasteiger partial charge in [-0.05, 0) is 6.42 Å². The van der Waals surface area contributed by atoms with Crippen molar-refractivity contribution in [2.24, 2.45) is 11.7 Å². The fourth-order valence-electron chi connectivity index (χ4n) is 1.41. The molecule has 1 aliphatic heterocycles. The van der Waals surface area contributed by atoms with Crippen molar-refractivity contribution >= 4 is 6.09 Å². The van der Waals surface area contributed by atoms with E-state index in [1.165, 1.54) is 0 Å². The minimum absolute atomic E-state index is 0.137. The molecular formula is C7H11F3N2O2. The molecule has 0 saturated carbocycles. The van der Waals surface area contributed by atoms with Crippen LogP contribution in [-0.4, -0.2) is 31.5 Å². The molecule has 7 heteroatoms. The predicted molar refractivity (Wildman–Crippen MR) is 41.5 cm³/mol. The van der Waals surface area contributed by atoms with E-state index < -0.39 is 24.3 Å². The lowest BCUT2D eigenvalue weighted by molar-refractivity contribution is -0.185. The molecule has 0 aromatic carbocycles. The van der Waals surface area contributed by atoms with E-state index in [4.69, 9.17) is 5.73 Å². The third-order valence-electron chi connectivity index (χ3n) is 2.06. The van der Waals surface area contributed by atoms with Gasteiger partial charge in [0.25, 0.3) is 0 Å². The molecule has 1 aliphatic rings. The van der Waals surface area contributed by atoms with Crippen molar-refractivity contribution in [1.29, 1.82) is 0 Å². The van der Waals surface area contributed by atoms with E-state index in [9.17, 15) is 18.0 Å². The Morgan fingerprint density at radius 1 is 1.43 bits per heavy atom. The number of piperidine rings is 1. The highest BCUT2D eigenvalue weighted by Crippen LogP contribution is 2.31. The number of amides is 1. The molecule has 0 aromatic heterocycles. The van der Waals surface area contributed by atoms with Gasteiger partial charge >= 0.3 is 12.3 Å². The van der Waals surface area contributed by atoms with Crippen LogP contribution < -0.4 is 11.1 Å². The maximum atomic E-state index is 12.2. The molecule has 3 N–H and O–H groups in total. The quantitative estimate of drug-likeness (QED) is 0.669. The van der Waals surface area contributed by atoms with E-state index in [-0.39, 0.29) is 19.5 Å². The Labute approximate surface area is 78.6 Å². The van der Waals surface area contributed by atoms with Gasteiger partial charge in [0.1, 0.15) is 6.10 Å². The summed E-state index contributed by atoms with van der Waals surface area (Å²) in [5.41, 5.74) is 4.71. The van der Waals surface area contributed by atoms with Crippen LogP contribution in [0.3, 0.4) is 0 Å². The normalized spacial score (nSPS) is 28.5. The van der Waals surface area contributed by atoms with Gasteiger partial charge in [-0.15, -0.1) is 0 Å². The van der Waals surface area contributed by atoms with E-state index in [2.05, 4.69) is 10.1 Å². The number of hydrogen-bond donors (Lipinski definition) is 2. The molecule has 1 amide bonds. The van der Waals surface area contributed by atoms with E-state index in [0.29, 0.717) is 0 Å². The van der Waals surface area contributed by atoms with Crippen LogP contribution in [-0.2, 0) is 4.74 Å². The average Bonchev–Trinajstić information content (AvgIpc) is 2.01. The summed E-state index contributed by atoms with van der Waals surface area (Å²) in [6.45, 7) is 0.0810. The summed E-state index contributed by atoms with van der Waals surface area (Å²) in [4.78, 5) is 10.3. The number of alkyl halides is 3. The minimum atomic E-state index is -4.26. The van der Waals surface area contributed by atoms with E-state index in [1.807, 2.05) is 0 Å². The average molecular weight is 212 g/mol. The lowest BCUT2D eigenvalue weighted by Crippen LogP contribution is -2.47. The number of hydrogen-bond acceptors (Lipinski definition) is 3. The lowest BCUT2D eigenvalue weighted by atomic mass is 9.97. The van der Waals surface area contributed by atoms with Crippen molar-refractivity contribution in [1.82, 2.24) is 5.32 Å².